The van der Waals surface area contributed by atoms with Crippen LogP contribution in [0.5, 0.6) is 11.5 Å². The number of methoxy groups -OCH3 is 2. The SMILES string of the molecule is COc1ccc(C(=O)c2cc3ccc2C2CCC(O)(CN4CCN(c5ccccc5OC)CC4)C2(C)CCC=C(C)CCC(O)C3)cc1. The van der Waals surface area contributed by atoms with E-state index in [1.807, 2.05) is 42.5 Å². The van der Waals surface area contributed by atoms with Gasteiger partial charge in [0.15, 0.2) is 5.78 Å². The fourth-order valence-electron chi connectivity index (χ4n) is 8.50. The van der Waals surface area contributed by atoms with Crippen molar-refractivity contribution in [3.8, 4) is 11.5 Å². The molecule has 3 aromatic rings. The van der Waals surface area contributed by atoms with Crippen LogP contribution in [0.1, 0.15) is 85.3 Å². The number of hydrogen-bond acceptors (Lipinski definition) is 7. The number of allylic oxidation sites excluding steroid dienone is 2. The fraction of sp³-hybridized carbons (Fsp3) is 0.488. The van der Waals surface area contributed by atoms with E-state index in [0.29, 0.717) is 42.7 Å². The van der Waals surface area contributed by atoms with Gasteiger partial charge in [0.05, 0.1) is 31.6 Å². The summed E-state index contributed by atoms with van der Waals surface area (Å²) in [5.41, 5.74) is 4.28. The van der Waals surface area contributed by atoms with E-state index >= 15 is 0 Å². The predicted molar refractivity (Wildman–Crippen MR) is 191 cm³/mol. The Morgan fingerprint density at radius 3 is 2.42 bits per heavy atom. The maximum Gasteiger partial charge on any atom is 0.193 e. The molecule has 48 heavy (non-hydrogen) atoms. The molecule has 7 nitrogen and oxygen atoms in total. The number of ether oxygens (including phenoxy) is 2. The van der Waals surface area contributed by atoms with Crippen molar-refractivity contribution < 1.29 is 24.5 Å². The Balaban J connectivity index is 1.32. The molecule has 0 radical (unpaired) electrons. The quantitative estimate of drug-likeness (QED) is 0.215. The van der Waals surface area contributed by atoms with Crippen LogP contribution in [0.15, 0.2) is 78.4 Å². The Labute approximate surface area is 286 Å². The number of benzene rings is 3. The van der Waals surface area contributed by atoms with E-state index < -0.39 is 17.1 Å². The largest absolute Gasteiger partial charge is 0.497 e. The van der Waals surface area contributed by atoms with E-state index in [0.717, 1.165) is 74.4 Å². The lowest BCUT2D eigenvalue weighted by Gasteiger charge is -2.47. The second kappa shape index (κ2) is 14.5. The van der Waals surface area contributed by atoms with E-state index in [2.05, 4.69) is 54.0 Å². The van der Waals surface area contributed by atoms with Gasteiger partial charge in [0.1, 0.15) is 11.5 Å². The summed E-state index contributed by atoms with van der Waals surface area (Å²) in [6.07, 6.45) is 6.98. The maximum absolute atomic E-state index is 14.3. The van der Waals surface area contributed by atoms with Crippen LogP contribution in [0.3, 0.4) is 0 Å². The van der Waals surface area contributed by atoms with Crippen LogP contribution in [-0.4, -0.2) is 79.5 Å². The summed E-state index contributed by atoms with van der Waals surface area (Å²) in [6, 6.07) is 21.7. The van der Waals surface area contributed by atoms with Crippen LogP contribution in [0.4, 0.5) is 5.69 Å². The number of hydrogen-bond donors (Lipinski definition) is 2. The Morgan fingerprint density at radius 1 is 0.938 bits per heavy atom. The van der Waals surface area contributed by atoms with Gasteiger partial charge in [0, 0.05) is 49.3 Å². The van der Waals surface area contributed by atoms with Crippen LogP contribution < -0.4 is 14.4 Å². The average Bonchev–Trinajstić information content (AvgIpc) is 3.35. The zero-order valence-corrected chi connectivity index (χ0v) is 29.1. The molecule has 1 aliphatic heterocycles. The van der Waals surface area contributed by atoms with Gasteiger partial charge in [-0.05, 0) is 111 Å². The van der Waals surface area contributed by atoms with Crippen molar-refractivity contribution in [2.24, 2.45) is 5.41 Å². The highest BCUT2D eigenvalue weighted by Gasteiger charge is 2.57. The lowest BCUT2D eigenvalue weighted by atomic mass is 9.64. The zero-order valence-electron chi connectivity index (χ0n) is 29.1. The number of β-amino-alcohol motifs (C(OH)–C–C–N with tert-alkyl or cyclic N) is 1. The topological polar surface area (TPSA) is 82.5 Å². The van der Waals surface area contributed by atoms with E-state index in [-0.39, 0.29) is 11.7 Å². The number of anilines is 1. The first-order valence-corrected chi connectivity index (χ1v) is 17.6. The number of carbonyl (C=O) groups is 1. The van der Waals surface area contributed by atoms with Crippen molar-refractivity contribution in [3.63, 3.8) is 0 Å². The van der Waals surface area contributed by atoms with Crippen molar-refractivity contribution >= 4 is 11.5 Å². The van der Waals surface area contributed by atoms with Gasteiger partial charge in [-0.25, -0.2) is 0 Å². The molecule has 1 heterocycles. The van der Waals surface area contributed by atoms with Crippen LogP contribution in [0, 0.1) is 5.41 Å². The minimum Gasteiger partial charge on any atom is -0.497 e. The second-order valence-corrected chi connectivity index (χ2v) is 14.4. The first-order valence-electron chi connectivity index (χ1n) is 17.6. The second-order valence-electron chi connectivity index (χ2n) is 14.4. The van der Waals surface area contributed by atoms with Crippen molar-refractivity contribution in [1.82, 2.24) is 4.90 Å². The molecule has 3 aliphatic carbocycles. The molecule has 4 aliphatic rings. The average molecular weight is 653 g/mol. The number of piperazine rings is 1. The van der Waals surface area contributed by atoms with Crippen molar-refractivity contribution in [3.05, 3.63) is 101 Å². The minimum absolute atomic E-state index is 0.00480. The number of rotatable bonds is 7. The molecular weight excluding hydrogens is 600 g/mol. The summed E-state index contributed by atoms with van der Waals surface area (Å²) in [6.45, 7) is 8.48. The number of aliphatic hydroxyl groups excluding tert-OH is 1. The molecule has 1 saturated heterocycles. The maximum atomic E-state index is 14.3. The Morgan fingerprint density at radius 2 is 1.69 bits per heavy atom. The number of ketones is 1. The summed E-state index contributed by atoms with van der Waals surface area (Å²) in [4.78, 5) is 19.1. The monoisotopic (exact) mass is 652 g/mol. The molecular formula is C41H52N2O5. The molecule has 0 amide bonds. The normalized spacial score (nSPS) is 26.8. The van der Waals surface area contributed by atoms with E-state index in [9.17, 15) is 15.0 Å². The van der Waals surface area contributed by atoms with E-state index in [1.54, 1.807) is 14.2 Å². The fourth-order valence-corrected chi connectivity index (χ4v) is 8.50. The van der Waals surface area contributed by atoms with Gasteiger partial charge in [-0.3, -0.25) is 9.69 Å². The summed E-state index contributed by atoms with van der Waals surface area (Å²) in [5.74, 6) is 1.57. The standard InChI is InChI=1S/C41H52N2O5/c1-29-8-7-20-40(2)36(19-21-41(40,46)28-42-22-24-43(25-23-42)37-9-5-6-10-38(37)48-4)34-18-12-30(26-32(44)15-11-29)27-35(34)39(45)31-13-16-33(47-3)17-14-31/h5-6,8-10,12-14,16-18,27,32,36,44,46H,7,11,15,19-26,28H2,1-4H3. The van der Waals surface area contributed by atoms with Gasteiger partial charge >= 0.3 is 0 Å². The Kier molecular flexibility index (Phi) is 10.3. The smallest absolute Gasteiger partial charge is 0.193 e. The predicted octanol–water partition coefficient (Wildman–Crippen LogP) is 6.80. The van der Waals surface area contributed by atoms with Gasteiger partial charge in [-0.2, -0.15) is 0 Å². The molecule has 0 spiro atoms. The van der Waals surface area contributed by atoms with Gasteiger partial charge in [0.25, 0.3) is 0 Å². The lowest BCUT2D eigenvalue weighted by Crippen LogP contribution is -2.56. The first-order chi connectivity index (χ1) is 23.1. The van der Waals surface area contributed by atoms with Gasteiger partial charge in [0.2, 0.25) is 0 Å². The third kappa shape index (κ3) is 6.91. The molecule has 256 valence electrons. The Hall–Kier alpha value is -3.65. The third-order valence-electron chi connectivity index (χ3n) is 11.6. The molecule has 4 atom stereocenters. The molecule has 2 fully saturated rings. The number of fused-ring (bicyclic) bond motifs is 8. The van der Waals surface area contributed by atoms with Gasteiger partial charge in [-0.15, -0.1) is 0 Å². The molecule has 3 aromatic carbocycles. The Bertz CT molecular complexity index is 1610. The molecule has 1 saturated carbocycles. The van der Waals surface area contributed by atoms with Crippen LogP contribution in [0.25, 0.3) is 0 Å². The number of nitrogens with zero attached hydrogens (tertiary/aromatic N) is 2. The minimum atomic E-state index is -0.918. The molecule has 7 rings (SSSR count). The summed E-state index contributed by atoms with van der Waals surface area (Å²) >= 11 is 0. The first kappa shape index (κ1) is 34.2. The van der Waals surface area contributed by atoms with Crippen LogP contribution >= 0.6 is 0 Å². The zero-order chi connectivity index (χ0) is 33.9. The summed E-state index contributed by atoms with van der Waals surface area (Å²) in [5, 5.41) is 23.7. The molecule has 2 N–H and O–H groups in total. The number of para-hydroxylation sites is 2. The highest BCUT2D eigenvalue weighted by Crippen LogP contribution is 2.59. The van der Waals surface area contributed by atoms with Gasteiger partial charge < -0.3 is 24.6 Å². The highest BCUT2D eigenvalue weighted by atomic mass is 16.5. The molecule has 0 aromatic heterocycles. The molecule has 4 unspecified atom stereocenters. The van der Waals surface area contributed by atoms with E-state index in [1.165, 1.54) is 5.57 Å². The van der Waals surface area contributed by atoms with Crippen molar-refractivity contribution in [1.29, 1.82) is 0 Å². The third-order valence-corrected chi connectivity index (χ3v) is 11.6. The van der Waals surface area contributed by atoms with Crippen molar-refractivity contribution in [2.45, 2.75) is 76.4 Å². The van der Waals surface area contributed by atoms with E-state index in [4.69, 9.17) is 9.47 Å². The van der Waals surface area contributed by atoms with Crippen LogP contribution in [0.2, 0.25) is 0 Å². The van der Waals surface area contributed by atoms with Gasteiger partial charge in [-0.1, -0.05) is 42.8 Å². The number of carbonyl (C=O) groups excluding carboxylic acids is 1. The van der Waals surface area contributed by atoms with Crippen molar-refractivity contribution in [2.75, 3.05) is 51.8 Å². The highest BCUT2D eigenvalue weighted by molar-refractivity contribution is 6.10. The summed E-state index contributed by atoms with van der Waals surface area (Å²) in [7, 11) is 3.34. The molecule has 2 bridgehead atoms. The number of aliphatic hydroxyl groups is 2. The lowest BCUT2D eigenvalue weighted by molar-refractivity contribution is -0.0841. The summed E-state index contributed by atoms with van der Waals surface area (Å²) < 4.78 is 11.0. The molecule has 7 heteroatoms. The van der Waals surface area contributed by atoms with Crippen LogP contribution in [-0.2, 0) is 6.42 Å².